The van der Waals surface area contributed by atoms with Crippen LogP contribution in [0.1, 0.15) is 16.8 Å². The monoisotopic (exact) mass is 406 g/mol. The molecule has 1 unspecified atom stereocenters. The SMILES string of the molecule is COc1ccccc1NC(=O)c1cc(S(=O)(=O)NC2CCOC2)ccc1OC. The van der Waals surface area contributed by atoms with Crippen LogP contribution in [-0.2, 0) is 14.8 Å². The first-order valence-electron chi connectivity index (χ1n) is 8.67. The Balaban J connectivity index is 1.89. The molecule has 2 aromatic rings. The quantitative estimate of drug-likeness (QED) is 0.729. The Morgan fingerprint density at radius 1 is 1.11 bits per heavy atom. The molecular weight excluding hydrogens is 384 g/mol. The molecule has 0 spiro atoms. The number of sulfonamides is 1. The number of hydrogen-bond donors (Lipinski definition) is 2. The molecule has 0 radical (unpaired) electrons. The minimum atomic E-state index is -3.80. The molecule has 1 fully saturated rings. The van der Waals surface area contributed by atoms with Gasteiger partial charge in [-0.05, 0) is 36.8 Å². The minimum Gasteiger partial charge on any atom is -0.496 e. The van der Waals surface area contributed by atoms with E-state index in [1.54, 1.807) is 24.3 Å². The molecule has 0 saturated carbocycles. The molecular formula is C19H22N2O6S. The summed E-state index contributed by atoms with van der Waals surface area (Å²) < 4.78 is 43.6. The number of para-hydroxylation sites is 2. The van der Waals surface area contributed by atoms with Gasteiger partial charge in [0.2, 0.25) is 10.0 Å². The van der Waals surface area contributed by atoms with Gasteiger partial charge in [0.1, 0.15) is 11.5 Å². The highest BCUT2D eigenvalue weighted by Gasteiger charge is 2.25. The van der Waals surface area contributed by atoms with Crippen LogP contribution in [0.3, 0.4) is 0 Å². The zero-order chi connectivity index (χ0) is 20.1. The molecule has 1 atom stereocenters. The van der Waals surface area contributed by atoms with Gasteiger partial charge in [-0.2, -0.15) is 0 Å². The summed E-state index contributed by atoms with van der Waals surface area (Å²) in [5.74, 6) is 0.236. The number of rotatable bonds is 7. The van der Waals surface area contributed by atoms with Gasteiger partial charge in [0, 0.05) is 12.6 Å². The minimum absolute atomic E-state index is 0.0228. The molecule has 1 saturated heterocycles. The molecule has 28 heavy (non-hydrogen) atoms. The zero-order valence-electron chi connectivity index (χ0n) is 15.6. The van der Waals surface area contributed by atoms with E-state index in [4.69, 9.17) is 14.2 Å². The number of hydrogen-bond acceptors (Lipinski definition) is 6. The van der Waals surface area contributed by atoms with E-state index in [-0.39, 0.29) is 22.3 Å². The number of carbonyl (C=O) groups is 1. The molecule has 150 valence electrons. The number of methoxy groups -OCH3 is 2. The van der Waals surface area contributed by atoms with Crippen molar-refractivity contribution in [2.75, 3.05) is 32.8 Å². The predicted octanol–water partition coefficient (Wildman–Crippen LogP) is 2.02. The molecule has 2 aromatic carbocycles. The van der Waals surface area contributed by atoms with Gasteiger partial charge in [0.05, 0.1) is 37.0 Å². The summed E-state index contributed by atoms with van der Waals surface area (Å²) in [5, 5.41) is 2.73. The average molecular weight is 406 g/mol. The fourth-order valence-corrected chi connectivity index (χ4v) is 4.17. The summed E-state index contributed by atoms with van der Waals surface area (Å²) >= 11 is 0. The number of ether oxygens (including phenoxy) is 3. The molecule has 0 bridgehead atoms. The summed E-state index contributed by atoms with van der Waals surface area (Å²) in [6.07, 6.45) is 0.608. The molecule has 0 aliphatic carbocycles. The number of benzene rings is 2. The zero-order valence-corrected chi connectivity index (χ0v) is 16.4. The second kappa shape index (κ2) is 8.59. The molecule has 1 aliphatic rings. The molecule has 0 aromatic heterocycles. The molecule has 3 rings (SSSR count). The Hall–Kier alpha value is -2.62. The largest absolute Gasteiger partial charge is 0.496 e. The Kier molecular flexibility index (Phi) is 6.18. The van der Waals surface area contributed by atoms with Gasteiger partial charge in [0.15, 0.2) is 0 Å². The van der Waals surface area contributed by atoms with Crippen molar-refractivity contribution >= 4 is 21.6 Å². The molecule has 9 heteroatoms. The lowest BCUT2D eigenvalue weighted by atomic mass is 10.1. The first-order chi connectivity index (χ1) is 13.4. The van der Waals surface area contributed by atoms with Crippen LogP contribution in [0.2, 0.25) is 0 Å². The van der Waals surface area contributed by atoms with Crippen LogP contribution in [0, 0.1) is 0 Å². The van der Waals surface area contributed by atoms with Gasteiger partial charge in [-0.3, -0.25) is 4.79 Å². The first-order valence-corrected chi connectivity index (χ1v) is 10.2. The number of anilines is 1. The van der Waals surface area contributed by atoms with E-state index in [9.17, 15) is 13.2 Å². The van der Waals surface area contributed by atoms with E-state index >= 15 is 0 Å². The van der Waals surface area contributed by atoms with Crippen molar-refractivity contribution in [3.63, 3.8) is 0 Å². The van der Waals surface area contributed by atoms with Crippen LogP contribution in [-0.4, -0.2) is 47.8 Å². The topological polar surface area (TPSA) is 103 Å². The molecule has 1 aliphatic heterocycles. The van der Waals surface area contributed by atoms with Crippen LogP contribution in [0.25, 0.3) is 0 Å². The van der Waals surface area contributed by atoms with Gasteiger partial charge < -0.3 is 19.5 Å². The Morgan fingerprint density at radius 3 is 2.54 bits per heavy atom. The highest BCUT2D eigenvalue weighted by Crippen LogP contribution is 2.27. The standard InChI is InChI=1S/C19H22N2O6S/c1-25-17-8-7-14(28(23,24)21-13-9-10-27-12-13)11-15(17)19(22)20-16-5-3-4-6-18(16)26-2/h3-8,11,13,21H,9-10,12H2,1-2H3,(H,20,22). The van der Waals surface area contributed by atoms with Crippen molar-refractivity contribution in [1.82, 2.24) is 4.72 Å². The van der Waals surface area contributed by atoms with Crippen LogP contribution in [0.5, 0.6) is 11.5 Å². The average Bonchev–Trinajstić information content (AvgIpc) is 3.20. The lowest BCUT2D eigenvalue weighted by Crippen LogP contribution is -2.35. The van der Waals surface area contributed by atoms with E-state index in [2.05, 4.69) is 10.0 Å². The second-order valence-corrected chi connectivity index (χ2v) is 7.91. The third-order valence-electron chi connectivity index (χ3n) is 4.33. The van der Waals surface area contributed by atoms with E-state index < -0.39 is 15.9 Å². The summed E-state index contributed by atoms with van der Waals surface area (Å²) in [6.45, 7) is 0.846. The molecule has 1 heterocycles. The molecule has 8 nitrogen and oxygen atoms in total. The van der Waals surface area contributed by atoms with E-state index in [0.29, 0.717) is 31.1 Å². The normalized spacial score (nSPS) is 16.6. The number of nitrogens with one attached hydrogen (secondary N) is 2. The van der Waals surface area contributed by atoms with Crippen molar-refractivity contribution in [1.29, 1.82) is 0 Å². The van der Waals surface area contributed by atoms with Crippen molar-refractivity contribution in [3.8, 4) is 11.5 Å². The summed E-state index contributed by atoms with van der Waals surface area (Å²) in [5.41, 5.74) is 0.561. The van der Waals surface area contributed by atoms with Crippen LogP contribution < -0.4 is 19.5 Å². The number of carbonyl (C=O) groups excluding carboxylic acids is 1. The Labute approximate surface area is 163 Å². The highest BCUT2D eigenvalue weighted by atomic mass is 32.2. The predicted molar refractivity (Wildman–Crippen MR) is 103 cm³/mol. The van der Waals surface area contributed by atoms with Crippen LogP contribution >= 0.6 is 0 Å². The van der Waals surface area contributed by atoms with Crippen LogP contribution in [0.4, 0.5) is 5.69 Å². The lowest BCUT2D eigenvalue weighted by Gasteiger charge is -2.15. The third kappa shape index (κ3) is 4.44. The van der Waals surface area contributed by atoms with Crippen molar-refractivity contribution in [2.24, 2.45) is 0 Å². The van der Waals surface area contributed by atoms with Crippen LogP contribution in [0.15, 0.2) is 47.4 Å². The summed E-state index contributed by atoms with van der Waals surface area (Å²) in [7, 11) is -0.889. The van der Waals surface area contributed by atoms with Crippen molar-refractivity contribution < 1.29 is 27.4 Å². The van der Waals surface area contributed by atoms with E-state index in [1.807, 2.05) is 0 Å². The number of amides is 1. The van der Waals surface area contributed by atoms with E-state index in [0.717, 1.165) is 0 Å². The highest BCUT2D eigenvalue weighted by molar-refractivity contribution is 7.89. The van der Waals surface area contributed by atoms with Crippen molar-refractivity contribution in [3.05, 3.63) is 48.0 Å². The van der Waals surface area contributed by atoms with E-state index in [1.165, 1.54) is 32.4 Å². The maximum Gasteiger partial charge on any atom is 0.259 e. The lowest BCUT2D eigenvalue weighted by molar-refractivity contribution is 0.102. The third-order valence-corrected chi connectivity index (χ3v) is 5.85. The van der Waals surface area contributed by atoms with Gasteiger partial charge in [-0.1, -0.05) is 12.1 Å². The Morgan fingerprint density at radius 2 is 1.86 bits per heavy atom. The second-order valence-electron chi connectivity index (χ2n) is 6.20. The van der Waals surface area contributed by atoms with Gasteiger partial charge in [-0.15, -0.1) is 0 Å². The summed E-state index contributed by atoms with van der Waals surface area (Å²) in [6, 6.07) is 10.8. The Bertz CT molecular complexity index is 955. The smallest absolute Gasteiger partial charge is 0.259 e. The summed E-state index contributed by atoms with van der Waals surface area (Å²) in [4.78, 5) is 12.8. The van der Waals surface area contributed by atoms with Gasteiger partial charge >= 0.3 is 0 Å². The maximum atomic E-state index is 12.8. The molecule has 1 amide bonds. The fourth-order valence-electron chi connectivity index (χ4n) is 2.88. The van der Waals surface area contributed by atoms with Gasteiger partial charge in [0.25, 0.3) is 5.91 Å². The van der Waals surface area contributed by atoms with Gasteiger partial charge in [-0.25, -0.2) is 13.1 Å². The fraction of sp³-hybridized carbons (Fsp3) is 0.316. The first kappa shape index (κ1) is 20.1. The molecule has 2 N–H and O–H groups in total. The maximum absolute atomic E-state index is 12.8. The van der Waals surface area contributed by atoms with Crippen molar-refractivity contribution in [2.45, 2.75) is 17.4 Å².